The largest absolute Gasteiger partial charge is 0.416 e. The zero-order valence-corrected chi connectivity index (χ0v) is 19.8. The molecule has 2 atom stereocenters. The van der Waals surface area contributed by atoms with Crippen LogP contribution in [0.25, 0.3) is 0 Å². The van der Waals surface area contributed by atoms with E-state index in [2.05, 4.69) is 4.99 Å². The van der Waals surface area contributed by atoms with Gasteiger partial charge in [-0.15, -0.1) is 0 Å². The van der Waals surface area contributed by atoms with Gasteiger partial charge in [-0.25, -0.2) is 8.42 Å². The summed E-state index contributed by atoms with van der Waals surface area (Å²) in [5.41, 5.74) is -3.23. The molecule has 2 aromatic carbocycles. The highest BCUT2D eigenvalue weighted by Gasteiger charge is 2.50. The molecule has 2 saturated heterocycles. The predicted octanol–water partition coefficient (Wildman–Crippen LogP) is 5.22. The topological polar surface area (TPSA) is 66.8 Å². The molecule has 188 valence electrons. The molecular weight excluding hydrogens is 542 g/mol. The molecule has 14 heteroatoms. The van der Waals surface area contributed by atoms with E-state index in [1.807, 2.05) is 0 Å². The van der Waals surface area contributed by atoms with E-state index >= 15 is 0 Å². The van der Waals surface area contributed by atoms with Gasteiger partial charge in [-0.05, 0) is 29.8 Å². The minimum Gasteiger partial charge on any atom is -0.316 e. The van der Waals surface area contributed by atoms with E-state index in [0.29, 0.717) is 17.7 Å². The molecule has 1 amide bonds. The highest BCUT2D eigenvalue weighted by molar-refractivity contribution is 8.16. The van der Waals surface area contributed by atoms with Gasteiger partial charge in [0.1, 0.15) is 0 Å². The Morgan fingerprint density at radius 1 is 1.03 bits per heavy atom. The number of alkyl halides is 6. The summed E-state index contributed by atoms with van der Waals surface area (Å²) in [4.78, 5) is 17.6. The molecule has 2 aliphatic rings. The summed E-state index contributed by atoms with van der Waals surface area (Å²) in [6, 6.07) is 6.39. The van der Waals surface area contributed by atoms with Crippen molar-refractivity contribution in [1.82, 2.24) is 0 Å². The molecule has 0 saturated carbocycles. The number of amidine groups is 1. The summed E-state index contributed by atoms with van der Waals surface area (Å²) in [7, 11) is -3.59. The third kappa shape index (κ3) is 5.61. The van der Waals surface area contributed by atoms with Crippen molar-refractivity contribution in [3.05, 3.63) is 64.2 Å². The molecule has 0 radical (unpaired) electrons. The Morgan fingerprint density at radius 3 is 2.20 bits per heavy atom. The van der Waals surface area contributed by atoms with Gasteiger partial charge in [0.15, 0.2) is 15.0 Å². The maximum Gasteiger partial charge on any atom is 0.416 e. The molecule has 2 unspecified atom stereocenters. The van der Waals surface area contributed by atoms with Crippen LogP contribution in [-0.2, 0) is 33.4 Å². The van der Waals surface area contributed by atoms with Crippen LogP contribution in [0.15, 0.2) is 47.5 Å². The number of amides is 1. The van der Waals surface area contributed by atoms with Crippen LogP contribution in [0.4, 0.5) is 32.0 Å². The lowest BCUT2D eigenvalue weighted by Gasteiger charge is -2.26. The average Bonchev–Trinajstić information content (AvgIpc) is 3.18. The standard InChI is InChI=1S/C21H15ClF6N2O3S2/c22-15-4-2-1-3-11(15)5-18(31)29-19-30(16-9-35(32,33)10-17(16)34-19)14-7-12(20(23,24)25)6-13(8-14)21(26,27)28/h1-4,6-8,16-17H,5,9-10H2. The smallest absolute Gasteiger partial charge is 0.316 e. The zero-order valence-electron chi connectivity index (χ0n) is 17.4. The SMILES string of the molecule is O=C(Cc1ccccc1Cl)N=C1SC2CS(=O)(=O)CC2N1c1cc(C(F)(F)F)cc(C(F)(F)F)c1. The van der Waals surface area contributed by atoms with Crippen LogP contribution in [0.5, 0.6) is 0 Å². The van der Waals surface area contributed by atoms with Crippen LogP contribution in [0.1, 0.15) is 16.7 Å². The normalized spacial score (nSPS) is 23.1. The second-order valence-electron chi connectivity index (χ2n) is 7.99. The number of aliphatic imine (C=N–C) groups is 1. The Labute approximate surface area is 205 Å². The molecule has 0 bridgehead atoms. The number of hydrogen-bond acceptors (Lipinski definition) is 4. The number of halogens is 7. The number of sulfone groups is 1. The number of anilines is 1. The van der Waals surface area contributed by atoms with Crippen molar-refractivity contribution in [1.29, 1.82) is 0 Å². The number of hydrogen-bond donors (Lipinski definition) is 0. The van der Waals surface area contributed by atoms with Crippen LogP contribution in [0.3, 0.4) is 0 Å². The fraction of sp³-hybridized carbons (Fsp3) is 0.333. The van der Waals surface area contributed by atoms with E-state index in [4.69, 9.17) is 11.6 Å². The maximum absolute atomic E-state index is 13.4. The number of carbonyl (C=O) groups is 1. The molecule has 0 aromatic heterocycles. The molecule has 2 heterocycles. The van der Waals surface area contributed by atoms with Crippen LogP contribution in [-0.4, -0.2) is 42.3 Å². The lowest BCUT2D eigenvalue weighted by atomic mass is 10.1. The van der Waals surface area contributed by atoms with E-state index < -0.39 is 62.0 Å². The van der Waals surface area contributed by atoms with Crippen LogP contribution >= 0.6 is 23.4 Å². The highest BCUT2D eigenvalue weighted by Crippen LogP contribution is 2.44. The van der Waals surface area contributed by atoms with Crippen molar-refractivity contribution in [2.24, 2.45) is 4.99 Å². The van der Waals surface area contributed by atoms with Gasteiger partial charge in [0.05, 0.1) is 35.1 Å². The number of thioether (sulfide) groups is 1. The fourth-order valence-electron chi connectivity index (χ4n) is 3.89. The molecule has 2 aliphatic heterocycles. The second kappa shape index (κ2) is 9.00. The quantitative estimate of drug-likeness (QED) is 0.485. The van der Waals surface area contributed by atoms with E-state index in [1.54, 1.807) is 24.3 Å². The van der Waals surface area contributed by atoms with E-state index in [-0.39, 0.29) is 28.4 Å². The predicted molar refractivity (Wildman–Crippen MR) is 120 cm³/mol. The lowest BCUT2D eigenvalue weighted by molar-refractivity contribution is -0.143. The monoisotopic (exact) mass is 556 g/mol. The van der Waals surface area contributed by atoms with E-state index in [9.17, 15) is 39.6 Å². The van der Waals surface area contributed by atoms with Crippen molar-refractivity contribution in [2.75, 3.05) is 16.4 Å². The number of carbonyl (C=O) groups excluding carboxylic acids is 1. The van der Waals surface area contributed by atoms with Gasteiger partial charge in [0.2, 0.25) is 0 Å². The van der Waals surface area contributed by atoms with Gasteiger partial charge >= 0.3 is 12.4 Å². The number of benzene rings is 2. The number of nitrogens with zero attached hydrogens (tertiary/aromatic N) is 2. The summed E-state index contributed by atoms with van der Waals surface area (Å²) in [5.74, 6) is -1.58. The van der Waals surface area contributed by atoms with Crippen LogP contribution in [0, 0.1) is 0 Å². The molecule has 5 nitrogen and oxygen atoms in total. The summed E-state index contributed by atoms with van der Waals surface area (Å²) < 4.78 is 105. The molecule has 4 rings (SSSR count). The molecule has 2 fully saturated rings. The number of fused-ring (bicyclic) bond motifs is 1. The Kier molecular flexibility index (Phi) is 6.64. The Bertz CT molecular complexity index is 1280. The van der Waals surface area contributed by atoms with Crippen molar-refractivity contribution in [3.63, 3.8) is 0 Å². The summed E-state index contributed by atoms with van der Waals surface area (Å²) in [6.07, 6.45) is -10.5. The molecule has 2 aromatic rings. The van der Waals surface area contributed by atoms with Crippen molar-refractivity contribution in [2.45, 2.75) is 30.1 Å². The fourth-order valence-corrected chi connectivity index (χ4v) is 8.03. The van der Waals surface area contributed by atoms with Gasteiger partial charge in [-0.2, -0.15) is 31.3 Å². The van der Waals surface area contributed by atoms with Gasteiger partial charge in [-0.1, -0.05) is 41.6 Å². The Balaban J connectivity index is 1.79. The van der Waals surface area contributed by atoms with Crippen molar-refractivity contribution in [3.8, 4) is 0 Å². The Hall–Kier alpha value is -2.25. The van der Waals surface area contributed by atoms with Gasteiger partial charge < -0.3 is 4.90 Å². The highest BCUT2D eigenvalue weighted by atomic mass is 35.5. The van der Waals surface area contributed by atoms with Gasteiger partial charge in [0, 0.05) is 16.0 Å². The summed E-state index contributed by atoms with van der Waals surface area (Å²) >= 11 is 6.88. The third-order valence-electron chi connectivity index (χ3n) is 5.44. The molecule has 35 heavy (non-hydrogen) atoms. The van der Waals surface area contributed by atoms with Crippen molar-refractivity contribution < 1.29 is 39.6 Å². The van der Waals surface area contributed by atoms with Gasteiger partial charge in [-0.3, -0.25) is 4.79 Å². The average molecular weight is 557 g/mol. The minimum atomic E-state index is -5.10. The van der Waals surface area contributed by atoms with E-state index in [1.165, 1.54) is 0 Å². The first-order chi connectivity index (χ1) is 16.1. The summed E-state index contributed by atoms with van der Waals surface area (Å²) in [6.45, 7) is 0. The molecule has 0 aliphatic carbocycles. The zero-order chi connectivity index (χ0) is 25.8. The molecule has 0 N–H and O–H groups in total. The first-order valence-electron chi connectivity index (χ1n) is 9.95. The van der Waals surface area contributed by atoms with E-state index in [0.717, 1.165) is 16.7 Å². The first kappa shape index (κ1) is 25.8. The lowest BCUT2D eigenvalue weighted by Crippen LogP contribution is -2.38. The first-order valence-corrected chi connectivity index (χ1v) is 13.0. The minimum absolute atomic E-state index is 0.0189. The van der Waals surface area contributed by atoms with Crippen LogP contribution < -0.4 is 4.90 Å². The second-order valence-corrected chi connectivity index (χ2v) is 11.8. The molecular formula is C21H15ClF6N2O3S2. The maximum atomic E-state index is 13.4. The number of rotatable bonds is 3. The van der Waals surface area contributed by atoms with Crippen molar-refractivity contribution >= 4 is 50.0 Å². The van der Waals surface area contributed by atoms with Gasteiger partial charge in [0.25, 0.3) is 5.91 Å². The van der Waals surface area contributed by atoms with Crippen LogP contribution in [0.2, 0.25) is 5.02 Å². The third-order valence-corrected chi connectivity index (χ3v) is 9.02. The summed E-state index contributed by atoms with van der Waals surface area (Å²) in [5, 5.41) is -0.595. The molecule has 0 spiro atoms. The Morgan fingerprint density at radius 2 is 1.63 bits per heavy atom.